The molecule has 1 fully saturated rings. The van der Waals surface area contributed by atoms with Gasteiger partial charge in [-0.05, 0) is 39.3 Å². The van der Waals surface area contributed by atoms with E-state index in [2.05, 4.69) is 78.2 Å². The van der Waals surface area contributed by atoms with Crippen LogP contribution in [0.2, 0.25) is 0 Å². The number of rotatable bonds is 9. The first-order valence-corrected chi connectivity index (χ1v) is 10.2. The van der Waals surface area contributed by atoms with Crippen LogP contribution >= 0.6 is 24.0 Å². The summed E-state index contributed by atoms with van der Waals surface area (Å²) in [6.07, 6.45) is 4.30. The van der Waals surface area contributed by atoms with E-state index in [1.54, 1.807) is 0 Å². The molecule has 0 aliphatic carbocycles. The van der Waals surface area contributed by atoms with Crippen LogP contribution in [0.4, 0.5) is 0 Å². The van der Waals surface area contributed by atoms with Crippen molar-refractivity contribution in [2.24, 2.45) is 4.99 Å². The lowest BCUT2D eigenvalue weighted by atomic mass is 10.1. The zero-order valence-corrected chi connectivity index (χ0v) is 20.1. The second-order valence-corrected chi connectivity index (χ2v) is 7.48. The molecule has 1 heterocycles. The van der Waals surface area contributed by atoms with Crippen LogP contribution < -0.4 is 10.6 Å². The van der Waals surface area contributed by atoms with Gasteiger partial charge in [-0.15, -0.1) is 30.6 Å². The van der Waals surface area contributed by atoms with E-state index < -0.39 is 0 Å². The number of halogens is 1. The van der Waals surface area contributed by atoms with E-state index in [1.807, 2.05) is 6.08 Å². The Morgan fingerprint density at radius 2 is 2.00 bits per heavy atom. The Labute approximate surface area is 188 Å². The van der Waals surface area contributed by atoms with Gasteiger partial charge < -0.3 is 10.6 Å². The van der Waals surface area contributed by atoms with Crippen molar-refractivity contribution in [2.75, 3.05) is 39.8 Å². The van der Waals surface area contributed by atoms with Gasteiger partial charge in [0.25, 0.3) is 0 Å². The van der Waals surface area contributed by atoms with Crippen molar-refractivity contribution in [1.29, 1.82) is 0 Å². The average Bonchev–Trinajstić information content (AvgIpc) is 2.68. The van der Waals surface area contributed by atoms with E-state index in [0.717, 1.165) is 58.1 Å². The van der Waals surface area contributed by atoms with Gasteiger partial charge in [-0.2, -0.15) is 0 Å². The lowest BCUT2D eigenvalue weighted by molar-refractivity contribution is 0.224. The lowest BCUT2D eigenvalue weighted by Gasteiger charge is -2.32. The van der Waals surface area contributed by atoms with Gasteiger partial charge in [-0.1, -0.05) is 36.4 Å². The Balaban J connectivity index is 0.00000392. The second-order valence-electron chi connectivity index (χ2n) is 7.48. The normalized spacial score (nSPS) is 17.1. The minimum Gasteiger partial charge on any atom is -0.357 e. The number of guanidine groups is 1. The van der Waals surface area contributed by atoms with Crippen molar-refractivity contribution in [2.45, 2.75) is 45.3 Å². The predicted octanol–water partition coefficient (Wildman–Crippen LogP) is 3.33. The minimum absolute atomic E-state index is 0. The van der Waals surface area contributed by atoms with E-state index in [0.29, 0.717) is 12.1 Å². The third-order valence-corrected chi connectivity index (χ3v) is 5.20. The number of hydrogen-bond donors (Lipinski definition) is 2. The van der Waals surface area contributed by atoms with Crippen LogP contribution in [-0.2, 0) is 6.54 Å². The Kier molecular flexibility index (Phi) is 12.4. The molecule has 1 atom stereocenters. The van der Waals surface area contributed by atoms with Gasteiger partial charge in [0, 0.05) is 44.8 Å². The third-order valence-electron chi connectivity index (χ3n) is 5.20. The van der Waals surface area contributed by atoms with Crippen LogP contribution in [-0.4, -0.2) is 67.6 Å². The van der Waals surface area contributed by atoms with Gasteiger partial charge in [0.15, 0.2) is 5.96 Å². The summed E-state index contributed by atoms with van der Waals surface area (Å²) in [6, 6.07) is 11.5. The fourth-order valence-electron chi connectivity index (χ4n) is 3.35. The van der Waals surface area contributed by atoms with E-state index in [4.69, 9.17) is 4.99 Å². The number of piperidine rings is 1. The first-order chi connectivity index (χ1) is 13.1. The fourth-order valence-corrected chi connectivity index (χ4v) is 3.35. The van der Waals surface area contributed by atoms with Gasteiger partial charge in [0.05, 0.1) is 6.54 Å². The van der Waals surface area contributed by atoms with Crippen LogP contribution in [0.15, 0.2) is 48.0 Å². The molecule has 2 rings (SSSR count). The number of nitrogens with one attached hydrogen (secondary N) is 2. The van der Waals surface area contributed by atoms with Gasteiger partial charge in [-0.25, -0.2) is 0 Å². The van der Waals surface area contributed by atoms with Crippen LogP contribution in [0, 0.1) is 0 Å². The number of nitrogens with zero attached hydrogens (tertiary/aromatic N) is 3. The summed E-state index contributed by atoms with van der Waals surface area (Å²) in [4.78, 5) is 9.66. The molecule has 0 amide bonds. The smallest absolute Gasteiger partial charge is 0.191 e. The highest BCUT2D eigenvalue weighted by atomic mass is 127. The summed E-state index contributed by atoms with van der Waals surface area (Å²) in [5.74, 6) is 0.944. The highest BCUT2D eigenvalue weighted by molar-refractivity contribution is 14.0. The minimum atomic E-state index is 0. The zero-order chi connectivity index (χ0) is 19.5. The molecule has 0 spiro atoms. The largest absolute Gasteiger partial charge is 0.357 e. The molecule has 0 aromatic heterocycles. The molecular weight excluding hydrogens is 461 g/mol. The first-order valence-electron chi connectivity index (χ1n) is 10.2. The SMILES string of the molecule is C=CCN1CCC(NC(=NCC(C)N(C)Cc2ccccc2)NCC)CC1.I. The molecule has 28 heavy (non-hydrogen) atoms. The molecule has 0 bridgehead atoms. The molecule has 158 valence electrons. The number of hydrogen-bond acceptors (Lipinski definition) is 3. The van der Waals surface area contributed by atoms with Gasteiger partial charge in [-0.3, -0.25) is 14.8 Å². The molecule has 6 heteroatoms. The molecule has 2 N–H and O–H groups in total. The molecule has 1 aliphatic heterocycles. The Morgan fingerprint density at radius 3 is 2.61 bits per heavy atom. The quantitative estimate of drug-likeness (QED) is 0.237. The highest BCUT2D eigenvalue weighted by Gasteiger charge is 2.19. The summed E-state index contributed by atoms with van der Waals surface area (Å²) < 4.78 is 0. The fraction of sp³-hybridized carbons (Fsp3) is 0.591. The Hall–Kier alpha value is -1.12. The molecular formula is C22H38IN5. The zero-order valence-electron chi connectivity index (χ0n) is 17.7. The van der Waals surface area contributed by atoms with E-state index in [1.165, 1.54) is 5.56 Å². The van der Waals surface area contributed by atoms with Crippen molar-refractivity contribution in [3.8, 4) is 0 Å². The van der Waals surface area contributed by atoms with Crippen molar-refractivity contribution in [3.63, 3.8) is 0 Å². The predicted molar refractivity (Wildman–Crippen MR) is 132 cm³/mol. The maximum absolute atomic E-state index is 4.85. The average molecular weight is 499 g/mol. The second kappa shape index (κ2) is 14.0. The number of likely N-dealkylation sites (N-methyl/N-ethyl adjacent to an activating group) is 1. The van der Waals surface area contributed by atoms with E-state index in [-0.39, 0.29) is 24.0 Å². The number of aliphatic imine (C=N–C) groups is 1. The summed E-state index contributed by atoms with van der Waals surface area (Å²) in [5, 5.41) is 7.03. The topological polar surface area (TPSA) is 42.9 Å². The Bertz CT molecular complexity index is 570. The first kappa shape index (κ1) is 24.9. The lowest BCUT2D eigenvalue weighted by Crippen LogP contribution is -2.49. The van der Waals surface area contributed by atoms with Crippen LogP contribution in [0.25, 0.3) is 0 Å². The third kappa shape index (κ3) is 8.92. The molecule has 1 unspecified atom stereocenters. The van der Waals surface area contributed by atoms with Crippen molar-refractivity contribution >= 4 is 29.9 Å². The summed E-state index contributed by atoms with van der Waals surface area (Å²) in [7, 11) is 2.17. The molecule has 1 aromatic rings. The monoisotopic (exact) mass is 499 g/mol. The summed E-state index contributed by atoms with van der Waals surface area (Å²) >= 11 is 0. The number of likely N-dealkylation sites (tertiary alicyclic amines) is 1. The Morgan fingerprint density at radius 1 is 1.32 bits per heavy atom. The molecule has 0 saturated carbocycles. The van der Waals surface area contributed by atoms with Crippen molar-refractivity contribution in [1.82, 2.24) is 20.4 Å². The highest BCUT2D eigenvalue weighted by Crippen LogP contribution is 2.10. The molecule has 1 aromatic carbocycles. The summed E-state index contributed by atoms with van der Waals surface area (Å²) in [6.45, 7) is 14.1. The molecule has 5 nitrogen and oxygen atoms in total. The standard InChI is InChI=1S/C22H37N5.HI/c1-5-14-27-15-12-21(13-16-27)25-22(23-6-2)24-17-19(3)26(4)18-20-10-8-7-9-11-20;/h5,7-11,19,21H,1,6,12-18H2,2-4H3,(H2,23,24,25);1H. The number of benzene rings is 1. The van der Waals surface area contributed by atoms with Crippen molar-refractivity contribution in [3.05, 3.63) is 48.6 Å². The molecule has 0 radical (unpaired) electrons. The van der Waals surface area contributed by atoms with E-state index in [9.17, 15) is 0 Å². The molecule has 1 saturated heterocycles. The van der Waals surface area contributed by atoms with Gasteiger partial charge >= 0.3 is 0 Å². The van der Waals surface area contributed by atoms with Crippen LogP contribution in [0.5, 0.6) is 0 Å². The summed E-state index contributed by atoms with van der Waals surface area (Å²) in [5.41, 5.74) is 1.34. The van der Waals surface area contributed by atoms with E-state index >= 15 is 0 Å². The van der Waals surface area contributed by atoms with Crippen LogP contribution in [0.3, 0.4) is 0 Å². The maximum atomic E-state index is 4.85. The molecule has 1 aliphatic rings. The van der Waals surface area contributed by atoms with Gasteiger partial charge in [0.1, 0.15) is 0 Å². The maximum Gasteiger partial charge on any atom is 0.191 e. The van der Waals surface area contributed by atoms with Gasteiger partial charge in [0.2, 0.25) is 0 Å². The van der Waals surface area contributed by atoms with Crippen molar-refractivity contribution < 1.29 is 0 Å². The van der Waals surface area contributed by atoms with Crippen LogP contribution in [0.1, 0.15) is 32.3 Å².